The third-order valence-corrected chi connectivity index (χ3v) is 6.37. The number of rotatable bonds is 4. The number of hydrogen-bond acceptors (Lipinski definition) is 1. The fourth-order valence-electron chi connectivity index (χ4n) is 4.87. The zero-order chi connectivity index (χ0) is 14.9. The highest BCUT2D eigenvalue weighted by Crippen LogP contribution is 2.44. The average molecular weight is 295 g/mol. The van der Waals surface area contributed by atoms with E-state index >= 15 is 0 Å². The van der Waals surface area contributed by atoms with Gasteiger partial charge in [-0.3, -0.25) is 0 Å². The van der Waals surface area contributed by atoms with Crippen LogP contribution in [-0.4, -0.2) is 12.6 Å². The molecule has 4 rings (SSSR count). The molecule has 2 atom stereocenters. The van der Waals surface area contributed by atoms with E-state index in [0.717, 1.165) is 11.8 Å². The summed E-state index contributed by atoms with van der Waals surface area (Å²) in [5.74, 6) is 1.78. The molecule has 118 valence electrons. The molecule has 22 heavy (non-hydrogen) atoms. The Morgan fingerprint density at radius 1 is 1.14 bits per heavy atom. The molecule has 3 aliphatic carbocycles. The van der Waals surface area contributed by atoms with Gasteiger partial charge in [0.2, 0.25) is 0 Å². The van der Waals surface area contributed by atoms with Gasteiger partial charge in [-0.1, -0.05) is 42.7 Å². The van der Waals surface area contributed by atoms with Crippen molar-refractivity contribution in [2.24, 2.45) is 11.8 Å². The maximum absolute atomic E-state index is 3.88. The van der Waals surface area contributed by atoms with Crippen LogP contribution in [0.15, 0.2) is 29.8 Å². The molecule has 0 bridgehead atoms. The Balaban J connectivity index is 1.39. The third kappa shape index (κ3) is 2.76. The average Bonchev–Trinajstić information content (AvgIpc) is 3.19. The van der Waals surface area contributed by atoms with Gasteiger partial charge in [-0.15, -0.1) is 0 Å². The van der Waals surface area contributed by atoms with Crippen molar-refractivity contribution in [1.29, 1.82) is 0 Å². The number of nitrogens with one attached hydrogen (secondary N) is 1. The lowest BCUT2D eigenvalue weighted by molar-refractivity contribution is 0.329. The highest BCUT2D eigenvalue weighted by molar-refractivity contribution is 5.77. The van der Waals surface area contributed by atoms with Crippen LogP contribution in [0.2, 0.25) is 0 Å². The van der Waals surface area contributed by atoms with Crippen molar-refractivity contribution < 1.29 is 0 Å². The number of benzene rings is 1. The highest BCUT2D eigenvalue weighted by Gasteiger charge is 2.30. The van der Waals surface area contributed by atoms with Gasteiger partial charge in [0.1, 0.15) is 0 Å². The molecule has 0 radical (unpaired) electrons. The molecular formula is C21H29N. The SMILES string of the molecule is CC(NCC1CCCC1)C1CCC2=C(C1)c1ccccc1C2. The molecule has 1 aromatic rings. The summed E-state index contributed by atoms with van der Waals surface area (Å²) in [6, 6.07) is 9.74. The predicted molar refractivity (Wildman–Crippen MR) is 93.8 cm³/mol. The Bertz CT molecular complexity index is 565. The standard InChI is InChI=1S/C21H29N/c1-15(22-14-16-6-2-3-7-16)17-10-11-19-12-18-8-4-5-9-20(18)21(19)13-17/h4-5,8-9,15-17,22H,2-3,6-7,10-14H2,1H3. The predicted octanol–water partition coefficient (Wildman–Crippen LogP) is 4.96. The Morgan fingerprint density at radius 2 is 1.95 bits per heavy atom. The smallest absolute Gasteiger partial charge is 0.00704 e. The van der Waals surface area contributed by atoms with Crippen LogP contribution < -0.4 is 5.32 Å². The minimum Gasteiger partial charge on any atom is -0.314 e. The molecule has 1 nitrogen and oxygen atoms in total. The Morgan fingerprint density at radius 3 is 2.82 bits per heavy atom. The largest absolute Gasteiger partial charge is 0.314 e. The molecule has 0 aromatic heterocycles. The van der Waals surface area contributed by atoms with Crippen molar-refractivity contribution in [2.45, 2.75) is 64.3 Å². The lowest BCUT2D eigenvalue weighted by atomic mass is 9.80. The summed E-state index contributed by atoms with van der Waals surface area (Å²) in [7, 11) is 0. The Kier molecular flexibility index (Phi) is 4.09. The zero-order valence-corrected chi connectivity index (χ0v) is 13.9. The van der Waals surface area contributed by atoms with Crippen molar-refractivity contribution in [2.75, 3.05) is 6.54 Å². The molecule has 0 aliphatic heterocycles. The summed E-state index contributed by atoms with van der Waals surface area (Å²) >= 11 is 0. The van der Waals surface area contributed by atoms with Gasteiger partial charge < -0.3 is 5.32 Å². The molecule has 3 aliphatic rings. The number of hydrogen-bond donors (Lipinski definition) is 1. The Labute approximate surface area is 135 Å². The fourth-order valence-corrected chi connectivity index (χ4v) is 4.87. The zero-order valence-electron chi connectivity index (χ0n) is 13.9. The second-order valence-electron chi connectivity index (χ2n) is 7.77. The molecule has 0 saturated heterocycles. The van der Waals surface area contributed by atoms with E-state index in [1.807, 2.05) is 0 Å². The van der Waals surface area contributed by atoms with Gasteiger partial charge in [0.25, 0.3) is 0 Å². The van der Waals surface area contributed by atoms with Crippen LogP contribution in [-0.2, 0) is 6.42 Å². The van der Waals surface area contributed by atoms with Crippen LogP contribution in [0.25, 0.3) is 5.57 Å². The van der Waals surface area contributed by atoms with Crippen molar-refractivity contribution in [3.63, 3.8) is 0 Å². The van der Waals surface area contributed by atoms with E-state index in [-0.39, 0.29) is 0 Å². The summed E-state index contributed by atoms with van der Waals surface area (Å²) in [6.45, 7) is 3.67. The van der Waals surface area contributed by atoms with Gasteiger partial charge in [-0.2, -0.15) is 0 Å². The van der Waals surface area contributed by atoms with E-state index < -0.39 is 0 Å². The molecule has 0 heterocycles. The maximum Gasteiger partial charge on any atom is 0.00704 e. The minimum absolute atomic E-state index is 0.669. The van der Waals surface area contributed by atoms with Crippen molar-refractivity contribution in [1.82, 2.24) is 5.32 Å². The van der Waals surface area contributed by atoms with Crippen LogP contribution in [0.1, 0.15) is 63.0 Å². The van der Waals surface area contributed by atoms with Gasteiger partial charge in [0.05, 0.1) is 0 Å². The second-order valence-corrected chi connectivity index (χ2v) is 7.77. The van der Waals surface area contributed by atoms with Crippen molar-refractivity contribution >= 4 is 5.57 Å². The van der Waals surface area contributed by atoms with E-state index in [1.165, 1.54) is 57.9 Å². The number of allylic oxidation sites excluding steroid dienone is 2. The van der Waals surface area contributed by atoms with Gasteiger partial charge in [0.15, 0.2) is 0 Å². The van der Waals surface area contributed by atoms with E-state index in [1.54, 1.807) is 22.3 Å². The third-order valence-electron chi connectivity index (χ3n) is 6.37. The van der Waals surface area contributed by atoms with E-state index in [2.05, 4.69) is 36.5 Å². The first-order valence-corrected chi connectivity index (χ1v) is 9.34. The van der Waals surface area contributed by atoms with Crippen molar-refractivity contribution in [3.8, 4) is 0 Å². The van der Waals surface area contributed by atoms with Crippen LogP contribution >= 0.6 is 0 Å². The summed E-state index contributed by atoms with van der Waals surface area (Å²) < 4.78 is 0. The Hall–Kier alpha value is -1.08. The molecule has 0 amide bonds. The fraction of sp³-hybridized carbons (Fsp3) is 0.619. The molecule has 1 heteroatoms. The molecular weight excluding hydrogens is 266 g/mol. The first-order valence-electron chi connectivity index (χ1n) is 9.34. The molecule has 0 spiro atoms. The number of fused-ring (bicyclic) bond motifs is 2. The molecule has 1 fully saturated rings. The van der Waals surface area contributed by atoms with Gasteiger partial charge in [-0.25, -0.2) is 0 Å². The topological polar surface area (TPSA) is 12.0 Å². The lowest BCUT2D eigenvalue weighted by Crippen LogP contribution is -2.37. The molecule has 1 N–H and O–H groups in total. The van der Waals surface area contributed by atoms with Crippen LogP contribution in [0.5, 0.6) is 0 Å². The summed E-state index contributed by atoms with van der Waals surface area (Å²) in [4.78, 5) is 0. The summed E-state index contributed by atoms with van der Waals surface area (Å²) in [5, 5.41) is 3.88. The van der Waals surface area contributed by atoms with Gasteiger partial charge in [0, 0.05) is 6.04 Å². The maximum atomic E-state index is 3.88. The first kappa shape index (κ1) is 14.5. The molecule has 2 unspecified atom stereocenters. The molecule has 1 aromatic carbocycles. The highest BCUT2D eigenvalue weighted by atomic mass is 14.9. The lowest BCUT2D eigenvalue weighted by Gasteiger charge is -2.31. The van der Waals surface area contributed by atoms with E-state index in [4.69, 9.17) is 0 Å². The molecule has 1 saturated carbocycles. The normalized spacial score (nSPS) is 26.1. The summed E-state index contributed by atoms with van der Waals surface area (Å²) in [5.41, 5.74) is 6.56. The minimum atomic E-state index is 0.669. The van der Waals surface area contributed by atoms with Gasteiger partial charge >= 0.3 is 0 Å². The van der Waals surface area contributed by atoms with Crippen LogP contribution in [0.4, 0.5) is 0 Å². The quantitative estimate of drug-likeness (QED) is 0.827. The van der Waals surface area contributed by atoms with Gasteiger partial charge in [-0.05, 0) is 80.5 Å². The van der Waals surface area contributed by atoms with Crippen LogP contribution in [0.3, 0.4) is 0 Å². The first-order chi connectivity index (χ1) is 10.8. The monoisotopic (exact) mass is 295 g/mol. The van der Waals surface area contributed by atoms with E-state index in [9.17, 15) is 0 Å². The van der Waals surface area contributed by atoms with E-state index in [0.29, 0.717) is 6.04 Å². The van der Waals surface area contributed by atoms with Crippen molar-refractivity contribution in [3.05, 3.63) is 41.0 Å². The van der Waals surface area contributed by atoms with Crippen LogP contribution in [0, 0.1) is 11.8 Å². The summed E-state index contributed by atoms with van der Waals surface area (Å²) in [6.07, 6.45) is 11.0. The second kappa shape index (κ2) is 6.20.